The Labute approximate surface area is 166 Å². The van der Waals surface area contributed by atoms with E-state index < -0.39 is 5.97 Å². The van der Waals surface area contributed by atoms with Crippen molar-refractivity contribution in [3.05, 3.63) is 40.1 Å². The molecule has 3 aromatic rings. The number of rotatable bonds is 6. The van der Waals surface area contributed by atoms with Crippen LogP contribution in [0.5, 0.6) is 5.75 Å². The first kappa shape index (κ1) is 19.4. The van der Waals surface area contributed by atoms with Crippen molar-refractivity contribution in [3.8, 4) is 5.75 Å². The molecule has 1 aliphatic heterocycles. The zero-order chi connectivity index (χ0) is 20.5. The summed E-state index contributed by atoms with van der Waals surface area (Å²) in [6.45, 7) is 2.31. The molecule has 0 aliphatic carbocycles. The molecule has 4 rings (SSSR count). The number of hydrogen-bond acceptors (Lipinski definition) is 6. The van der Waals surface area contributed by atoms with Gasteiger partial charge in [-0.3, -0.25) is 9.20 Å². The van der Waals surface area contributed by atoms with Gasteiger partial charge in [0.15, 0.2) is 0 Å². The summed E-state index contributed by atoms with van der Waals surface area (Å²) in [5.41, 5.74) is 1.25. The second kappa shape index (κ2) is 7.84. The van der Waals surface area contributed by atoms with Gasteiger partial charge in [0.1, 0.15) is 29.3 Å². The Hall–Kier alpha value is -2.91. The van der Waals surface area contributed by atoms with Gasteiger partial charge < -0.3 is 24.5 Å². The van der Waals surface area contributed by atoms with Crippen molar-refractivity contribution in [2.45, 2.75) is 18.8 Å². The highest BCUT2D eigenvalue weighted by molar-refractivity contribution is 5.96. The maximum atomic E-state index is 12.6. The highest BCUT2D eigenvalue weighted by atomic mass is 16.5. The van der Waals surface area contributed by atoms with E-state index in [2.05, 4.69) is 9.97 Å². The largest absolute Gasteiger partial charge is 0.491 e. The summed E-state index contributed by atoms with van der Waals surface area (Å²) in [7, 11) is 3.84. The first-order chi connectivity index (χ1) is 14.0. The highest BCUT2D eigenvalue weighted by Crippen LogP contribution is 2.30. The van der Waals surface area contributed by atoms with Crippen LogP contribution in [0.2, 0.25) is 0 Å². The third-order valence-electron chi connectivity index (χ3n) is 5.22. The molecule has 2 aromatic heterocycles. The molecule has 2 N–H and O–H groups in total. The molecule has 0 atom stereocenters. The summed E-state index contributed by atoms with van der Waals surface area (Å²) in [5.74, 6) is 0.130. The zero-order valence-corrected chi connectivity index (χ0v) is 16.5. The number of carboxylic acids is 1. The van der Waals surface area contributed by atoms with Crippen LogP contribution in [0.3, 0.4) is 0 Å². The van der Waals surface area contributed by atoms with Crippen LogP contribution in [-0.4, -0.2) is 70.8 Å². The lowest BCUT2D eigenvalue weighted by atomic mass is 9.99. The topological polar surface area (TPSA) is 109 Å². The van der Waals surface area contributed by atoms with Crippen LogP contribution in [0.15, 0.2) is 23.1 Å². The van der Waals surface area contributed by atoms with E-state index in [-0.39, 0.29) is 22.8 Å². The average molecular weight is 400 g/mol. The zero-order valence-electron chi connectivity index (χ0n) is 16.5. The molecule has 0 unspecified atom stereocenters. The maximum Gasteiger partial charge on any atom is 0.339 e. The van der Waals surface area contributed by atoms with Crippen molar-refractivity contribution < 1.29 is 19.4 Å². The molecule has 0 spiro atoms. The smallest absolute Gasteiger partial charge is 0.339 e. The Morgan fingerprint density at radius 1 is 1.34 bits per heavy atom. The highest BCUT2D eigenvalue weighted by Gasteiger charge is 2.23. The number of aromatic carboxylic acids is 1. The Morgan fingerprint density at radius 3 is 2.79 bits per heavy atom. The fourth-order valence-corrected chi connectivity index (χ4v) is 3.69. The number of nitrogens with zero attached hydrogens (tertiary/aromatic N) is 3. The predicted octanol–water partition coefficient (Wildman–Crippen LogP) is 1.71. The van der Waals surface area contributed by atoms with E-state index in [0.29, 0.717) is 42.9 Å². The van der Waals surface area contributed by atoms with Gasteiger partial charge in [-0.05, 0) is 33.0 Å². The number of fused-ring (bicyclic) bond motifs is 3. The van der Waals surface area contributed by atoms with Crippen LogP contribution in [0, 0.1) is 0 Å². The molecule has 9 heteroatoms. The van der Waals surface area contributed by atoms with Crippen LogP contribution >= 0.6 is 0 Å². The van der Waals surface area contributed by atoms with E-state index in [9.17, 15) is 14.7 Å². The van der Waals surface area contributed by atoms with E-state index in [1.807, 2.05) is 23.4 Å². The summed E-state index contributed by atoms with van der Waals surface area (Å²) in [6, 6.07) is 3.14. The number of H-pyrrole nitrogens is 1. The molecule has 9 nitrogen and oxygen atoms in total. The van der Waals surface area contributed by atoms with Crippen LogP contribution in [0.4, 0.5) is 0 Å². The molecule has 154 valence electrons. The van der Waals surface area contributed by atoms with Gasteiger partial charge in [-0.25, -0.2) is 9.78 Å². The molecular formula is C20H24N4O5. The monoisotopic (exact) mass is 400 g/mol. The molecule has 1 aromatic carbocycles. The SMILES string of the molecule is CN(C)CCOc1cc2c(cc1C(=O)O)[nH]c(=O)c1cnc(C3CCOCC3)n12. The van der Waals surface area contributed by atoms with E-state index in [1.54, 1.807) is 12.3 Å². The summed E-state index contributed by atoms with van der Waals surface area (Å²) >= 11 is 0. The minimum absolute atomic E-state index is 0.0130. The summed E-state index contributed by atoms with van der Waals surface area (Å²) in [6.07, 6.45) is 3.22. The normalized spacial score (nSPS) is 15.4. The third-order valence-corrected chi connectivity index (χ3v) is 5.22. The Balaban J connectivity index is 1.89. The van der Waals surface area contributed by atoms with Gasteiger partial charge in [0, 0.05) is 31.7 Å². The number of likely N-dealkylation sites (N-methyl/N-ethyl adjacent to an activating group) is 1. The number of hydrogen-bond donors (Lipinski definition) is 2. The van der Waals surface area contributed by atoms with E-state index in [1.165, 1.54) is 6.07 Å². The Bertz CT molecular complexity index is 1110. The average Bonchev–Trinajstić information content (AvgIpc) is 3.14. The quantitative estimate of drug-likeness (QED) is 0.648. The Kier molecular flexibility index (Phi) is 5.25. The van der Waals surface area contributed by atoms with Crippen molar-refractivity contribution in [1.29, 1.82) is 0 Å². The number of aromatic nitrogens is 3. The molecule has 1 aliphatic rings. The molecule has 0 bridgehead atoms. The molecule has 1 saturated heterocycles. The van der Waals surface area contributed by atoms with E-state index in [0.717, 1.165) is 18.7 Å². The minimum Gasteiger partial charge on any atom is -0.491 e. The lowest BCUT2D eigenvalue weighted by Crippen LogP contribution is -2.20. The standard InChI is InChI=1S/C20H24N4O5/c1-23(2)5-8-29-17-10-15-14(9-13(17)20(26)27)22-19(25)16-11-21-18(24(15)16)12-3-6-28-7-4-12/h9-12H,3-8H2,1-2H3,(H,22,25)(H,26,27). The molecule has 1 fully saturated rings. The second-order valence-electron chi connectivity index (χ2n) is 7.50. The lowest BCUT2D eigenvalue weighted by Gasteiger charge is -2.21. The fourth-order valence-electron chi connectivity index (χ4n) is 3.69. The second-order valence-corrected chi connectivity index (χ2v) is 7.50. The van der Waals surface area contributed by atoms with Crippen LogP contribution in [0.1, 0.15) is 34.9 Å². The fraction of sp³-hybridized carbons (Fsp3) is 0.450. The number of benzene rings is 1. The number of nitrogens with one attached hydrogen (secondary N) is 1. The number of carbonyl (C=O) groups is 1. The van der Waals surface area contributed by atoms with E-state index >= 15 is 0 Å². The van der Waals surface area contributed by atoms with Crippen molar-refractivity contribution in [1.82, 2.24) is 19.3 Å². The Morgan fingerprint density at radius 2 is 2.10 bits per heavy atom. The summed E-state index contributed by atoms with van der Waals surface area (Å²) in [5, 5.41) is 9.62. The van der Waals surface area contributed by atoms with Crippen LogP contribution in [-0.2, 0) is 4.74 Å². The van der Waals surface area contributed by atoms with E-state index in [4.69, 9.17) is 9.47 Å². The molecule has 29 heavy (non-hydrogen) atoms. The predicted molar refractivity (Wildman–Crippen MR) is 107 cm³/mol. The van der Waals surface area contributed by atoms with Gasteiger partial charge in [0.25, 0.3) is 5.56 Å². The van der Waals surface area contributed by atoms with Crippen LogP contribution < -0.4 is 10.3 Å². The van der Waals surface area contributed by atoms with Crippen LogP contribution in [0.25, 0.3) is 16.6 Å². The molecular weight excluding hydrogens is 376 g/mol. The van der Waals surface area contributed by atoms with Crippen molar-refractivity contribution in [2.75, 3.05) is 40.5 Å². The third kappa shape index (κ3) is 3.70. The van der Waals surface area contributed by atoms with Crippen molar-refractivity contribution in [3.63, 3.8) is 0 Å². The molecule has 0 radical (unpaired) electrons. The van der Waals surface area contributed by atoms with Gasteiger partial charge >= 0.3 is 5.97 Å². The van der Waals surface area contributed by atoms with Gasteiger partial charge in [0.2, 0.25) is 0 Å². The minimum atomic E-state index is -1.11. The lowest BCUT2D eigenvalue weighted by molar-refractivity contribution is 0.0692. The van der Waals surface area contributed by atoms with Crippen molar-refractivity contribution in [2.24, 2.45) is 0 Å². The van der Waals surface area contributed by atoms with Gasteiger partial charge in [-0.1, -0.05) is 0 Å². The molecule has 3 heterocycles. The number of imidazole rings is 1. The maximum absolute atomic E-state index is 12.6. The van der Waals surface area contributed by atoms with Gasteiger partial charge in [-0.15, -0.1) is 0 Å². The number of ether oxygens (including phenoxy) is 2. The summed E-state index contributed by atoms with van der Waals surface area (Å²) in [4.78, 5) is 33.6. The summed E-state index contributed by atoms with van der Waals surface area (Å²) < 4.78 is 13.1. The first-order valence-electron chi connectivity index (χ1n) is 9.61. The van der Waals surface area contributed by atoms with Crippen molar-refractivity contribution >= 4 is 22.5 Å². The number of aromatic amines is 1. The molecule has 0 saturated carbocycles. The van der Waals surface area contributed by atoms with Gasteiger partial charge in [0.05, 0.1) is 17.2 Å². The number of carboxylic acid groups (broad SMARTS) is 1. The molecule has 0 amide bonds. The van der Waals surface area contributed by atoms with Gasteiger partial charge in [-0.2, -0.15) is 0 Å². The first-order valence-corrected chi connectivity index (χ1v) is 9.61.